The largest absolute Gasteiger partial charge is 0.353 e. The molecule has 15 heavy (non-hydrogen) atoms. The summed E-state index contributed by atoms with van der Waals surface area (Å²) in [5.74, 6) is 0.751. The Hall–Kier alpha value is -1.16. The number of aromatic nitrogens is 2. The molecule has 0 aromatic carbocycles. The monoisotopic (exact) mass is 208 g/mol. The van der Waals surface area contributed by atoms with Crippen LogP contribution in [0.2, 0.25) is 0 Å². The van der Waals surface area contributed by atoms with Crippen LogP contribution < -0.4 is 10.6 Å². The molecule has 4 heteroatoms. The number of aryl methyl sites for hydroxylation is 2. The molecule has 0 radical (unpaired) electrons. The van der Waals surface area contributed by atoms with Crippen LogP contribution in [0.15, 0.2) is 6.07 Å². The first-order valence-corrected chi connectivity index (χ1v) is 5.55. The highest BCUT2D eigenvalue weighted by Gasteiger charge is 2.01. The summed E-state index contributed by atoms with van der Waals surface area (Å²) in [5.41, 5.74) is 2.21. The average molecular weight is 208 g/mol. The van der Waals surface area contributed by atoms with Crippen molar-refractivity contribution in [3.63, 3.8) is 0 Å². The molecular weight excluding hydrogens is 188 g/mol. The number of likely N-dealkylation sites (N-methyl/N-ethyl adjacent to an activating group) is 1. The first kappa shape index (κ1) is 11.9. The Morgan fingerprint density at radius 3 is 2.13 bits per heavy atom. The Labute approximate surface area is 91.5 Å². The van der Waals surface area contributed by atoms with Crippen molar-refractivity contribution in [1.82, 2.24) is 15.3 Å². The van der Waals surface area contributed by atoms with Crippen LogP contribution in [-0.4, -0.2) is 30.1 Å². The number of rotatable bonds is 6. The molecule has 0 bridgehead atoms. The Morgan fingerprint density at radius 2 is 1.67 bits per heavy atom. The van der Waals surface area contributed by atoms with Crippen molar-refractivity contribution in [2.75, 3.05) is 25.5 Å². The normalized spacial score (nSPS) is 10.3. The van der Waals surface area contributed by atoms with E-state index >= 15 is 0 Å². The van der Waals surface area contributed by atoms with E-state index in [0.717, 1.165) is 43.3 Å². The van der Waals surface area contributed by atoms with E-state index in [0.29, 0.717) is 0 Å². The van der Waals surface area contributed by atoms with E-state index < -0.39 is 0 Å². The molecule has 0 aliphatic rings. The number of nitrogens with zero attached hydrogens (tertiary/aromatic N) is 2. The van der Waals surface area contributed by atoms with Gasteiger partial charge in [-0.3, -0.25) is 0 Å². The maximum absolute atomic E-state index is 4.42. The summed E-state index contributed by atoms with van der Waals surface area (Å²) in [7, 11) is 1.93. The zero-order valence-electron chi connectivity index (χ0n) is 9.80. The van der Waals surface area contributed by atoms with Crippen molar-refractivity contribution >= 4 is 5.95 Å². The highest BCUT2D eigenvalue weighted by molar-refractivity contribution is 5.28. The molecule has 1 aromatic heterocycles. The summed E-state index contributed by atoms with van der Waals surface area (Å²) in [6.07, 6.45) is 1.91. The summed E-state index contributed by atoms with van der Waals surface area (Å²) >= 11 is 0. The lowest BCUT2D eigenvalue weighted by atomic mass is 10.2. The second kappa shape index (κ2) is 6.35. The van der Waals surface area contributed by atoms with Crippen molar-refractivity contribution in [1.29, 1.82) is 0 Å². The van der Waals surface area contributed by atoms with Crippen LogP contribution in [0, 0.1) is 0 Å². The Morgan fingerprint density at radius 1 is 1.07 bits per heavy atom. The highest BCUT2D eigenvalue weighted by Crippen LogP contribution is 2.06. The van der Waals surface area contributed by atoms with Gasteiger partial charge in [-0.05, 0) is 26.0 Å². The summed E-state index contributed by atoms with van der Waals surface area (Å²) in [4.78, 5) is 8.84. The molecule has 0 aliphatic carbocycles. The van der Waals surface area contributed by atoms with Gasteiger partial charge in [0.05, 0.1) is 0 Å². The molecule has 0 unspecified atom stereocenters. The molecule has 1 aromatic rings. The van der Waals surface area contributed by atoms with E-state index in [1.165, 1.54) is 0 Å². The first-order valence-electron chi connectivity index (χ1n) is 5.55. The SMILES string of the molecule is CCc1cc(CC)nc(NCCNC)n1. The van der Waals surface area contributed by atoms with Crippen molar-refractivity contribution in [2.24, 2.45) is 0 Å². The smallest absolute Gasteiger partial charge is 0.223 e. The van der Waals surface area contributed by atoms with Gasteiger partial charge in [-0.2, -0.15) is 0 Å². The maximum Gasteiger partial charge on any atom is 0.223 e. The van der Waals surface area contributed by atoms with Crippen molar-refractivity contribution < 1.29 is 0 Å². The summed E-state index contributed by atoms with van der Waals surface area (Å²) in [6.45, 7) is 5.99. The Kier molecular flexibility index (Phi) is 5.04. The van der Waals surface area contributed by atoms with Crippen LogP contribution >= 0.6 is 0 Å². The fourth-order valence-electron chi connectivity index (χ4n) is 1.29. The standard InChI is InChI=1S/C11H20N4/c1-4-9-8-10(5-2)15-11(14-9)13-7-6-12-3/h8,12H,4-7H2,1-3H3,(H,13,14,15). The van der Waals surface area contributed by atoms with Gasteiger partial charge in [-0.1, -0.05) is 13.8 Å². The summed E-state index contributed by atoms with van der Waals surface area (Å²) in [6, 6.07) is 2.07. The minimum Gasteiger partial charge on any atom is -0.353 e. The van der Waals surface area contributed by atoms with Crippen LogP contribution in [0.4, 0.5) is 5.95 Å². The predicted octanol–water partition coefficient (Wildman–Crippen LogP) is 1.23. The fraction of sp³-hybridized carbons (Fsp3) is 0.636. The predicted molar refractivity (Wildman–Crippen MR) is 63.2 cm³/mol. The lowest BCUT2D eigenvalue weighted by Gasteiger charge is -2.07. The minimum absolute atomic E-state index is 0.751. The van der Waals surface area contributed by atoms with E-state index in [1.807, 2.05) is 7.05 Å². The number of hydrogen-bond donors (Lipinski definition) is 2. The number of nitrogens with one attached hydrogen (secondary N) is 2. The van der Waals surface area contributed by atoms with Crippen molar-refractivity contribution in [3.8, 4) is 0 Å². The molecule has 0 spiro atoms. The van der Waals surface area contributed by atoms with Crippen molar-refractivity contribution in [2.45, 2.75) is 26.7 Å². The van der Waals surface area contributed by atoms with Gasteiger partial charge in [0, 0.05) is 24.5 Å². The third kappa shape index (κ3) is 3.83. The van der Waals surface area contributed by atoms with E-state index in [1.54, 1.807) is 0 Å². The number of hydrogen-bond acceptors (Lipinski definition) is 4. The minimum atomic E-state index is 0.751. The zero-order chi connectivity index (χ0) is 11.1. The van der Waals surface area contributed by atoms with E-state index in [2.05, 4.69) is 40.5 Å². The van der Waals surface area contributed by atoms with Gasteiger partial charge in [0.1, 0.15) is 0 Å². The van der Waals surface area contributed by atoms with E-state index in [9.17, 15) is 0 Å². The molecule has 2 N–H and O–H groups in total. The van der Waals surface area contributed by atoms with Crippen LogP contribution in [0.3, 0.4) is 0 Å². The van der Waals surface area contributed by atoms with Gasteiger partial charge >= 0.3 is 0 Å². The maximum atomic E-state index is 4.42. The van der Waals surface area contributed by atoms with Crippen molar-refractivity contribution in [3.05, 3.63) is 17.5 Å². The van der Waals surface area contributed by atoms with E-state index in [-0.39, 0.29) is 0 Å². The molecule has 0 amide bonds. The average Bonchev–Trinajstić information content (AvgIpc) is 2.29. The molecule has 0 fully saturated rings. The molecular formula is C11H20N4. The fourth-order valence-corrected chi connectivity index (χ4v) is 1.29. The van der Waals surface area contributed by atoms with Gasteiger partial charge < -0.3 is 10.6 Å². The molecule has 84 valence electrons. The molecule has 0 saturated heterocycles. The molecule has 4 nitrogen and oxygen atoms in total. The molecule has 0 aliphatic heterocycles. The summed E-state index contributed by atoms with van der Waals surface area (Å²) < 4.78 is 0. The molecule has 0 saturated carbocycles. The van der Waals surface area contributed by atoms with Crippen LogP contribution in [-0.2, 0) is 12.8 Å². The third-order valence-corrected chi connectivity index (χ3v) is 2.21. The summed E-state index contributed by atoms with van der Waals surface area (Å²) in [5, 5.41) is 6.29. The lowest BCUT2D eigenvalue weighted by molar-refractivity contribution is 0.812. The van der Waals surface area contributed by atoms with Gasteiger partial charge in [-0.25, -0.2) is 9.97 Å². The lowest BCUT2D eigenvalue weighted by Crippen LogP contribution is -2.19. The van der Waals surface area contributed by atoms with Gasteiger partial charge in [0.2, 0.25) is 5.95 Å². The second-order valence-corrected chi connectivity index (χ2v) is 3.41. The molecule has 0 atom stereocenters. The van der Waals surface area contributed by atoms with E-state index in [4.69, 9.17) is 0 Å². The Balaban J connectivity index is 2.68. The van der Waals surface area contributed by atoms with Gasteiger partial charge in [-0.15, -0.1) is 0 Å². The van der Waals surface area contributed by atoms with Crippen LogP contribution in [0.1, 0.15) is 25.2 Å². The van der Waals surface area contributed by atoms with Crippen LogP contribution in [0.5, 0.6) is 0 Å². The third-order valence-electron chi connectivity index (χ3n) is 2.21. The van der Waals surface area contributed by atoms with Gasteiger partial charge in [0.25, 0.3) is 0 Å². The first-order chi connectivity index (χ1) is 7.30. The Bertz CT molecular complexity index is 276. The zero-order valence-corrected chi connectivity index (χ0v) is 9.80. The second-order valence-electron chi connectivity index (χ2n) is 3.41. The van der Waals surface area contributed by atoms with Crippen LogP contribution in [0.25, 0.3) is 0 Å². The van der Waals surface area contributed by atoms with Gasteiger partial charge in [0.15, 0.2) is 0 Å². The highest BCUT2D eigenvalue weighted by atomic mass is 15.1. The molecule has 1 rings (SSSR count). The topological polar surface area (TPSA) is 49.8 Å². The number of anilines is 1. The molecule has 1 heterocycles. The quantitative estimate of drug-likeness (QED) is 0.690.